The summed E-state index contributed by atoms with van der Waals surface area (Å²) in [5, 5.41) is 0. The SMILES string of the molecule is O=C1C[C@H]2[C@H](CCN2Cc2cccc(C(F)(F)F)c2)N1Cc1ccc(F)cc1. The van der Waals surface area contributed by atoms with Gasteiger partial charge in [-0.05, 0) is 35.7 Å². The number of halogens is 4. The van der Waals surface area contributed by atoms with Crippen LogP contribution in [0.5, 0.6) is 0 Å². The molecule has 2 saturated heterocycles. The highest BCUT2D eigenvalue weighted by molar-refractivity contribution is 5.80. The standard InChI is InChI=1S/C21H20F4N2O/c22-17-6-4-14(5-7-17)13-27-18-8-9-26(19(18)11-20(27)28)12-15-2-1-3-16(10-15)21(23,24)25/h1-7,10,18-19H,8-9,11-13H2/t18-,19-/m0/s1. The van der Waals surface area contributed by atoms with Crippen LogP contribution in [0, 0.1) is 5.82 Å². The van der Waals surface area contributed by atoms with Gasteiger partial charge in [-0.2, -0.15) is 13.2 Å². The number of rotatable bonds is 4. The molecule has 2 aliphatic heterocycles. The minimum Gasteiger partial charge on any atom is -0.334 e. The Hall–Kier alpha value is -2.41. The van der Waals surface area contributed by atoms with Gasteiger partial charge in [0.05, 0.1) is 5.56 Å². The van der Waals surface area contributed by atoms with Gasteiger partial charge in [-0.15, -0.1) is 0 Å². The van der Waals surface area contributed by atoms with Gasteiger partial charge in [0, 0.05) is 38.1 Å². The number of carbonyl (C=O) groups excluding carboxylic acids is 1. The summed E-state index contributed by atoms with van der Waals surface area (Å²) in [6.07, 6.45) is -3.21. The number of alkyl halides is 3. The molecule has 0 saturated carbocycles. The lowest BCUT2D eigenvalue weighted by molar-refractivity contribution is -0.137. The van der Waals surface area contributed by atoms with Crippen molar-refractivity contribution in [2.24, 2.45) is 0 Å². The van der Waals surface area contributed by atoms with Crippen LogP contribution in [0.2, 0.25) is 0 Å². The third kappa shape index (κ3) is 3.76. The Balaban J connectivity index is 1.46. The van der Waals surface area contributed by atoms with Crippen LogP contribution in [-0.2, 0) is 24.1 Å². The number of benzene rings is 2. The molecule has 7 heteroatoms. The summed E-state index contributed by atoms with van der Waals surface area (Å²) < 4.78 is 51.9. The van der Waals surface area contributed by atoms with E-state index in [0.29, 0.717) is 25.1 Å². The van der Waals surface area contributed by atoms with E-state index in [0.717, 1.165) is 24.6 Å². The zero-order valence-corrected chi connectivity index (χ0v) is 15.1. The lowest BCUT2D eigenvalue weighted by atomic mass is 10.1. The van der Waals surface area contributed by atoms with Crippen molar-refractivity contribution in [3.8, 4) is 0 Å². The van der Waals surface area contributed by atoms with Crippen LogP contribution in [0.15, 0.2) is 48.5 Å². The molecule has 0 unspecified atom stereocenters. The molecule has 2 aliphatic rings. The Morgan fingerprint density at radius 3 is 2.43 bits per heavy atom. The van der Waals surface area contributed by atoms with Gasteiger partial charge in [-0.3, -0.25) is 9.69 Å². The number of fused-ring (bicyclic) bond motifs is 1. The first kappa shape index (κ1) is 18.9. The second kappa shape index (κ2) is 7.20. The van der Waals surface area contributed by atoms with Gasteiger partial charge in [0.1, 0.15) is 5.82 Å². The Morgan fingerprint density at radius 2 is 1.71 bits per heavy atom. The smallest absolute Gasteiger partial charge is 0.334 e. The van der Waals surface area contributed by atoms with Gasteiger partial charge in [0.2, 0.25) is 5.91 Å². The number of hydrogen-bond donors (Lipinski definition) is 0. The molecule has 28 heavy (non-hydrogen) atoms. The van der Waals surface area contributed by atoms with Crippen molar-refractivity contribution < 1.29 is 22.4 Å². The summed E-state index contributed by atoms with van der Waals surface area (Å²) in [7, 11) is 0. The number of hydrogen-bond acceptors (Lipinski definition) is 2. The third-order valence-corrected chi connectivity index (χ3v) is 5.64. The largest absolute Gasteiger partial charge is 0.416 e. The average Bonchev–Trinajstić information content (AvgIpc) is 3.16. The summed E-state index contributed by atoms with van der Waals surface area (Å²) in [6, 6.07) is 11.5. The van der Waals surface area contributed by atoms with E-state index in [9.17, 15) is 22.4 Å². The Labute approximate surface area is 160 Å². The van der Waals surface area contributed by atoms with Crippen molar-refractivity contribution in [1.29, 1.82) is 0 Å². The number of carbonyl (C=O) groups is 1. The summed E-state index contributed by atoms with van der Waals surface area (Å²) >= 11 is 0. The molecular weight excluding hydrogens is 372 g/mol. The molecule has 2 heterocycles. The predicted molar refractivity (Wildman–Crippen MR) is 95.6 cm³/mol. The fourth-order valence-electron chi connectivity index (χ4n) is 4.28. The van der Waals surface area contributed by atoms with Crippen LogP contribution in [-0.4, -0.2) is 34.3 Å². The molecule has 0 radical (unpaired) electrons. The van der Waals surface area contributed by atoms with Crippen molar-refractivity contribution in [2.75, 3.05) is 6.54 Å². The lowest BCUT2D eigenvalue weighted by Gasteiger charge is -2.25. The van der Waals surface area contributed by atoms with Gasteiger partial charge in [-0.25, -0.2) is 4.39 Å². The minimum absolute atomic E-state index is 0.00231. The van der Waals surface area contributed by atoms with Gasteiger partial charge < -0.3 is 4.90 Å². The first-order valence-corrected chi connectivity index (χ1v) is 9.25. The molecule has 2 aromatic carbocycles. The molecule has 2 fully saturated rings. The van der Waals surface area contributed by atoms with Crippen LogP contribution >= 0.6 is 0 Å². The number of likely N-dealkylation sites (tertiary alicyclic amines) is 2. The highest BCUT2D eigenvalue weighted by Gasteiger charge is 2.46. The molecule has 1 amide bonds. The van der Waals surface area contributed by atoms with Crippen LogP contribution in [0.1, 0.15) is 29.5 Å². The zero-order chi connectivity index (χ0) is 19.9. The van der Waals surface area contributed by atoms with Gasteiger partial charge in [-0.1, -0.05) is 30.3 Å². The van der Waals surface area contributed by atoms with E-state index in [1.807, 2.05) is 4.90 Å². The number of nitrogens with zero attached hydrogens (tertiary/aromatic N) is 2. The highest BCUT2D eigenvalue weighted by Crippen LogP contribution is 2.35. The summed E-state index contributed by atoms with van der Waals surface area (Å²) in [6.45, 7) is 1.55. The topological polar surface area (TPSA) is 23.6 Å². The Kier molecular flexibility index (Phi) is 4.87. The molecular formula is C21H20F4N2O. The normalized spacial score (nSPS) is 22.7. The zero-order valence-electron chi connectivity index (χ0n) is 15.1. The van der Waals surface area contributed by atoms with E-state index in [1.165, 1.54) is 24.3 Å². The monoisotopic (exact) mass is 392 g/mol. The molecule has 148 valence electrons. The molecule has 0 aromatic heterocycles. The quantitative estimate of drug-likeness (QED) is 0.728. The molecule has 0 spiro atoms. The molecule has 3 nitrogen and oxygen atoms in total. The maximum atomic E-state index is 13.1. The van der Waals surface area contributed by atoms with Crippen molar-refractivity contribution in [1.82, 2.24) is 9.80 Å². The van der Waals surface area contributed by atoms with E-state index in [1.54, 1.807) is 18.2 Å². The van der Waals surface area contributed by atoms with Crippen molar-refractivity contribution in [3.05, 3.63) is 71.0 Å². The van der Waals surface area contributed by atoms with Crippen LogP contribution < -0.4 is 0 Å². The van der Waals surface area contributed by atoms with Gasteiger partial charge in [0.15, 0.2) is 0 Å². The Bertz CT molecular complexity index is 865. The van der Waals surface area contributed by atoms with Crippen molar-refractivity contribution in [2.45, 2.75) is 44.2 Å². The third-order valence-electron chi connectivity index (χ3n) is 5.64. The second-order valence-electron chi connectivity index (χ2n) is 7.44. The van der Waals surface area contributed by atoms with E-state index in [-0.39, 0.29) is 23.8 Å². The predicted octanol–water partition coefficient (Wildman–Crippen LogP) is 4.22. The maximum Gasteiger partial charge on any atom is 0.416 e. The molecule has 4 rings (SSSR count). The average molecular weight is 392 g/mol. The first-order valence-electron chi connectivity index (χ1n) is 9.25. The fourth-order valence-corrected chi connectivity index (χ4v) is 4.28. The molecule has 0 bridgehead atoms. The summed E-state index contributed by atoms with van der Waals surface area (Å²) in [5.41, 5.74) is 0.813. The number of amides is 1. The molecule has 2 aromatic rings. The van der Waals surface area contributed by atoms with Crippen molar-refractivity contribution in [3.63, 3.8) is 0 Å². The molecule has 0 N–H and O–H groups in total. The fraction of sp³-hybridized carbons (Fsp3) is 0.381. The van der Waals surface area contributed by atoms with Gasteiger partial charge in [0.25, 0.3) is 0 Å². The molecule has 2 atom stereocenters. The van der Waals surface area contributed by atoms with E-state index < -0.39 is 11.7 Å². The minimum atomic E-state index is -4.36. The van der Waals surface area contributed by atoms with Crippen molar-refractivity contribution >= 4 is 5.91 Å². The van der Waals surface area contributed by atoms with E-state index in [2.05, 4.69) is 4.90 Å². The second-order valence-corrected chi connectivity index (χ2v) is 7.44. The summed E-state index contributed by atoms with van der Waals surface area (Å²) in [5.74, 6) is -0.282. The van der Waals surface area contributed by atoms with E-state index in [4.69, 9.17) is 0 Å². The highest BCUT2D eigenvalue weighted by atomic mass is 19.4. The Morgan fingerprint density at radius 1 is 0.964 bits per heavy atom. The lowest BCUT2D eigenvalue weighted by Crippen LogP contribution is -2.36. The molecule has 0 aliphatic carbocycles. The van der Waals surface area contributed by atoms with Gasteiger partial charge >= 0.3 is 6.18 Å². The maximum absolute atomic E-state index is 13.1. The van der Waals surface area contributed by atoms with Crippen LogP contribution in [0.25, 0.3) is 0 Å². The van der Waals surface area contributed by atoms with Crippen LogP contribution in [0.4, 0.5) is 17.6 Å². The first-order chi connectivity index (χ1) is 13.3. The summed E-state index contributed by atoms with van der Waals surface area (Å²) in [4.78, 5) is 16.4. The van der Waals surface area contributed by atoms with Crippen LogP contribution in [0.3, 0.4) is 0 Å². The van der Waals surface area contributed by atoms with E-state index >= 15 is 0 Å².